The summed E-state index contributed by atoms with van der Waals surface area (Å²) in [6, 6.07) is 7.92. The van der Waals surface area contributed by atoms with Crippen LogP contribution in [0.2, 0.25) is 0 Å². The van der Waals surface area contributed by atoms with Gasteiger partial charge in [-0.1, -0.05) is 30.3 Å². The van der Waals surface area contributed by atoms with Crippen molar-refractivity contribution in [2.75, 3.05) is 6.54 Å². The van der Waals surface area contributed by atoms with Gasteiger partial charge in [-0.2, -0.15) is 0 Å². The summed E-state index contributed by atoms with van der Waals surface area (Å²) in [7, 11) is 0. The molecule has 1 aromatic carbocycles. The summed E-state index contributed by atoms with van der Waals surface area (Å²) in [5.74, 6) is -0.589. The van der Waals surface area contributed by atoms with Gasteiger partial charge in [0.05, 0.1) is 0 Å². The third-order valence-corrected chi connectivity index (χ3v) is 3.79. The molecule has 0 unspecified atom stereocenters. The minimum atomic E-state index is -0.788. The zero-order valence-electron chi connectivity index (χ0n) is 13.7. The van der Waals surface area contributed by atoms with E-state index in [0.717, 1.165) is 18.4 Å². The van der Waals surface area contributed by atoms with Crippen molar-refractivity contribution in [2.45, 2.75) is 44.9 Å². The van der Waals surface area contributed by atoms with Crippen molar-refractivity contribution in [3.8, 4) is 0 Å². The van der Waals surface area contributed by atoms with Gasteiger partial charge in [0, 0.05) is 6.54 Å². The normalized spacial score (nSPS) is 18.7. The van der Waals surface area contributed by atoms with Crippen molar-refractivity contribution in [3.05, 3.63) is 35.9 Å². The van der Waals surface area contributed by atoms with Crippen LogP contribution in [0, 0.1) is 0 Å². The number of benzene rings is 1. The molecule has 1 aliphatic heterocycles. The SMILES string of the molecule is C[C@H](NC(=O)OCc1ccccc1)C(=O)N[C@H]1CCCCNC1=O. The molecule has 3 N–H and O–H groups in total. The summed E-state index contributed by atoms with van der Waals surface area (Å²) in [4.78, 5) is 35.7. The van der Waals surface area contributed by atoms with Crippen LogP contribution in [-0.2, 0) is 20.9 Å². The van der Waals surface area contributed by atoms with Crippen LogP contribution in [0.15, 0.2) is 30.3 Å². The largest absolute Gasteiger partial charge is 0.445 e. The highest BCUT2D eigenvalue weighted by atomic mass is 16.5. The summed E-state index contributed by atoms with van der Waals surface area (Å²) < 4.78 is 5.07. The Balaban J connectivity index is 1.76. The van der Waals surface area contributed by atoms with Crippen molar-refractivity contribution in [1.29, 1.82) is 0 Å². The fraction of sp³-hybridized carbons (Fsp3) is 0.471. The zero-order chi connectivity index (χ0) is 17.4. The lowest BCUT2D eigenvalue weighted by Crippen LogP contribution is -2.52. The second kappa shape index (κ2) is 8.90. The van der Waals surface area contributed by atoms with Gasteiger partial charge in [-0.15, -0.1) is 0 Å². The molecule has 1 saturated heterocycles. The fourth-order valence-corrected chi connectivity index (χ4v) is 2.38. The molecule has 0 saturated carbocycles. The van der Waals surface area contributed by atoms with Crippen molar-refractivity contribution >= 4 is 17.9 Å². The van der Waals surface area contributed by atoms with Gasteiger partial charge < -0.3 is 20.7 Å². The molecule has 7 nitrogen and oxygen atoms in total. The second-order valence-electron chi connectivity index (χ2n) is 5.78. The molecule has 7 heteroatoms. The smallest absolute Gasteiger partial charge is 0.408 e. The molecule has 2 rings (SSSR count). The van der Waals surface area contributed by atoms with Crippen LogP contribution < -0.4 is 16.0 Å². The lowest BCUT2D eigenvalue weighted by molar-refractivity contribution is -0.129. The van der Waals surface area contributed by atoms with Gasteiger partial charge in [0.2, 0.25) is 11.8 Å². The zero-order valence-corrected chi connectivity index (χ0v) is 13.7. The predicted octanol–water partition coefficient (Wildman–Crippen LogP) is 1.09. The molecule has 1 aromatic rings. The second-order valence-corrected chi connectivity index (χ2v) is 5.78. The molecular weight excluding hydrogens is 310 g/mol. The Bertz CT molecular complexity index is 576. The van der Waals surface area contributed by atoms with Gasteiger partial charge in [-0.3, -0.25) is 9.59 Å². The van der Waals surface area contributed by atoms with Gasteiger partial charge in [0.25, 0.3) is 0 Å². The Kier molecular flexibility index (Phi) is 6.60. The van der Waals surface area contributed by atoms with E-state index in [-0.39, 0.29) is 12.5 Å². The highest BCUT2D eigenvalue weighted by Gasteiger charge is 2.25. The van der Waals surface area contributed by atoms with E-state index < -0.39 is 24.1 Å². The third-order valence-electron chi connectivity index (χ3n) is 3.79. The molecule has 0 spiro atoms. The number of hydrogen-bond donors (Lipinski definition) is 3. The topological polar surface area (TPSA) is 96.5 Å². The van der Waals surface area contributed by atoms with Crippen molar-refractivity contribution < 1.29 is 19.1 Å². The predicted molar refractivity (Wildman–Crippen MR) is 88.0 cm³/mol. The maximum absolute atomic E-state index is 12.1. The van der Waals surface area contributed by atoms with Crippen molar-refractivity contribution in [1.82, 2.24) is 16.0 Å². The number of rotatable bonds is 5. The molecule has 2 atom stereocenters. The van der Waals surface area contributed by atoms with E-state index in [9.17, 15) is 14.4 Å². The van der Waals surface area contributed by atoms with E-state index in [4.69, 9.17) is 4.74 Å². The standard InChI is InChI=1S/C17H23N3O4/c1-12(15(21)20-14-9-5-6-10-18-16(14)22)19-17(23)24-11-13-7-3-2-4-8-13/h2-4,7-8,12,14H,5-6,9-11H2,1H3,(H,18,22)(H,19,23)(H,20,21)/t12-,14-/m0/s1. The lowest BCUT2D eigenvalue weighted by Gasteiger charge is -2.19. The maximum atomic E-state index is 12.1. The Morgan fingerprint density at radius 1 is 1.29 bits per heavy atom. The van der Waals surface area contributed by atoms with E-state index in [1.165, 1.54) is 0 Å². The first-order chi connectivity index (χ1) is 11.6. The molecule has 0 radical (unpaired) electrons. The molecule has 24 heavy (non-hydrogen) atoms. The van der Waals surface area contributed by atoms with Gasteiger partial charge in [0.15, 0.2) is 0 Å². The Morgan fingerprint density at radius 3 is 2.79 bits per heavy atom. The first-order valence-corrected chi connectivity index (χ1v) is 8.11. The van der Waals surface area contributed by atoms with E-state index in [1.54, 1.807) is 6.92 Å². The summed E-state index contributed by atoms with van der Waals surface area (Å²) in [6.45, 7) is 2.31. The fourth-order valence-electron chi connectivity index (χ4n) is 2.38. The third kappa shape index (κ3) is 5.57. The number of amides is 3. The van der Waals surface area contributed by atoms with E-state index >= 15 is 0 Å². The molecule has 3 amide bonds. The number of carbonyl (C=O) groups excluding carboxylic acids is 3. The lowest BCUT2D eigenvalue weighted by atomic mass is 10.1. The van der Waals surface area contributed by atoms with E-state index in [0.29, 0.717) is 13.0 Å². The summed E-state index contributed by atoms with van der Waals surface area (Å²) in [6.07, 6.45) is 1.69. The van der Waals surface area contributed by atoms with Crippen LogP contribution in [0.1, 0.15) is 31.7 Å². The van der Waals surface area contributed by atoms with Crippen LogP contribution in [0.3, 0.4) is 0 Å². The number of carbonyl (C=O) groups is 3. The van der Waals surface area contributed by atoms with Gasteiger partial charge in [0.1, 0.15) is 18.7 Å². The van der Waals surface area contributed by atoms with Gasteiger partial charge in [-0.05, 0) is 31.7 Å². The van der Waals surface area contributed by atoms with Crippen LogP contribution in [0.5, 0.6) is 0 Å². The maximum Gasteiger partial charge on any atom is 0.408 e. The Labute approximate surface area is 141 Å². The van der Waals surface area contributed by atoms with Gasteiger partial charge in [-0.25, -0.2) is 4.79 Å². The number of nitrogens with one attached hydrogen (secondary N) is 3. The van der Waals surface area contributed by atoms with Crippen molar-refractivity contribution in [3.63, 3.8) is 0 Å². The number of ether oxygens (including phenoxy) is 1. The Morgan fingerprint density at radius 2 is 2.04 bits per heavy atom. The number of hydrogen-bond acceptors (Lipinski definition) is 4. The van der Waals surface area contributed by atoms with Crippen LogP contribution in [0.4, 0.5) is 4.79 Å². The highest BCUT2D eigenvalue weighted by molar-refractivity contribution is 5.91. The van der Waals surface area contributed by atoms with Crippen molar-refractivity contribution in [2.24, 2.45) is 0 Å². The van der Waals surface area contributed by atoms with E-state index in [2.05, 4.69) is 16.0 Å². The molecule has 0 aliphatic carbocycles. The molecular formula is C17H23N3O4. The minimum Gasteiger partial charge on any atom is -0.445 e. The summed E-state index contributed by atoms with van der Waals surface area (Å²) in [5.41, 5.74) is 0.861. The van der Waals surface area contributed by atoms with E-state index in [1.807, 2.05) is 30.3 Å². The number of alkyl carbamates (subject to hydrolysis) is 1. The molecule has 0 aromatic heterocycles. The first-order valence-electron chi connectivity index (χ1n) is 8.11. The molecule has 130 valence electrons. The van der Waals surface area contributed by atoms with Crippen LogP contribution >= 0.6 is 0 Å². The average molecular weight is 333 g/mol. The molecule has 1 heterocycles. The molecule has 1 aliphatic rings. The minimum absolute atomic E-state index is 0.131. The van der Waals surface area contributed by atoms with Crippen LogP contribution in [-0.4, -0.2) is 36.5 Å². The van der Waals surface area contributed by atoms with Crippen LogP contribution in [0.25, 0.3) is 0 Å². The highest BCUT2D eigenvalue weighted by Crippen LogP contribution is 2.06. The molecule has 1 fully saturated rings. The average Bonchev–Trinajstić information content (AvgIpc) is 2.78. The summed E-state index contributed by atoms with van der Waals surface area (Å²) >= 11 is 0. The van der Waals surface area contributed by atoms with Gasteiger partial charge >= 0.3 is 6.09 Å². The first kappa shape index (κ1) is 17.8. The Hall–Kier alpha value is -2.57. The monoisotopic (exact) mass is 333 g/mol. The summed E-state index contributed by atoms with van der Waals surface area (Å²) in [5, 5.41) is 7.88. The quantitative estimate of drug-likeness (QED) is 0.751. The molecule has 0 bridgehead atoms.